The Kier molecular flexibility index (Phi) is 4.77. The zero-order chi connectivity index (χ0) is 18.8. The van der Waals surface area contributed by atoms with E-state index in [0.29, 0.717) is 27.6 Å². The van der Waals surface area contributed by atoms with Crippen LogP contribution in [0, 0.1) is 6.92 Å². The molecule has 1 heterocycles. The first kappa shape index (κ1) is 17.7. The summed E-state index contributed by atoms with van der Waals surface area (Å²) in [7, 11) is 1.49. The number of ether oxygens (including phenoxy) is 1. The minimum atomic E-state index is -0.817. The summed E-state index contributed by atoms with van der Waals surface area (Å²) in [6.45, 7) is 1.74. The summed E-state index contributed by atoms with van der Waals surface area (Å²) in [6, 6.07) is 11.0. The fraction of sp³-hybridized carbons (Fsp3) is 0.105. The summed E-state index contributed by atoms with van der Waals surface area (Å²) in [5.41, 5.74) is 1.36. The van der Waals surface area contributed by atoms with Gasteiger partial charge in [0.25, 0.3) is 11.8 Å². The van der Waals surface area contributed by atoms with Gasteiger partial charge in [0.05, 0.1) is 12.8 Å². The van der Waals surface area contributed by atoms with E-state index in [1.54, 1.807) is 43.3 Å². The third kappa shape index (κ3) is 3.19. The number of carbonyl (C=O) groups excluding carboxylic acids is 3. The third-order valence-corrected chi connectivity index (χ3v) is 4.19. The summed E-state index contributed by atoms with van der Waals surface area (Å²) < 4.78 is 5.24. The molecule has 2 aromatic carbocycles. The largest absolute Gasteiger partial charge is 0.496 e. The predicted octanol–water partition coefficient (Wildman–Crippen LogP) is 3.32. The topological polar surface area (TPSA) is 75.7 Å². The molecule has 0 unspecified atom stereocenters. The van der Waals surface area contributed by atoms with Crippen LogP contribution in [-0.4, -0.2) is 25.0 Å². The predicted molar refractivity (Wildman–Crippen MR) is 98.2 cm³/mol. The summed E-state index contributed by atoms with van der Waals surface area (Å²) in [4.78, 5) is 38.3. The summed E-state index contributed by atoms with van der Waals surface area (Å²) >= 11 is 6.00. The molecule has 1 fully saturated rings. The van der Waals surface area contributed by atoms with Gasteiger partial charge in [0, 0.05) is 10.6 Å². The summed E-state index contributed by atoms with van der Waals surface area (Å²) in [5, 5.41) is 2.56. The Morgan fingerprint density at radius 3 is 2.58 bits per heavy atom. The molecule has 0 aliphatic carbocycles. The molecule has 6 nitrogen and oxygen atoms in total. The lowest BCUT2D eigenvalue weighted by Gasteiger charge is -2.27. The van der Waals surface area contributed by atoms with E-state index < -0.39 is 17.8 Å². The van der Waals surface area contributed by atoms with Crippen LogP contribution in [0.2, 0.25) is 5.02 Å². The number of urea groups is 1. The van der Waals surface area contributed by atoms with E-state index in [-0.39, 0.29) is 5.57 Å². The van der Waals surface area contributed by atoms with E-state index >= 15 is 0 Å². The van der Waals surface area contributed by atoms with Crippen molar-refractivity contribution in [1.29, 1.82) is 0 Å². The van der Waals surface area contributed by atoms with Crippen molar-refractivity contribution in [2.75, 3.05) is 12.0 Å². The fourth-order valence-electron chi connectivity index (χ4n) is 2.64. The molecule has 1 saturated heterocycles. The van der Waals surface area contributed by atoms with Crippen molar-refractivity contribution >= 4 is 41.2 Å². The molecule has 0 atom stereocenters. The molecule has 0 bridgehead atoms. The molecule has 1 N–H and O–H groups in total. The van der Waals surface area contributed by atoms with Gasteiger partial charge in [0.15, 0.2) is 0 Å². The molecule has 0 saturated carbocycles. The molecule has 0 spiro atoms. The van der Waals surface area contributed by atoms with Crippen LogP contribution in [0.25, 0.3) is 6.08 Å². The Morgan fingerprint density at radius 1 is 1.12 bits per heavy atom. The van der Waals surface area contributed by atoms with E-state index in [0.717, 1.165) is 4.90 Å². The van der Waals surface area contributed by atoms with Crippen LogP contribution in [0.1, 0.15) is 11.1 Å². The highest BCUT2D eigenvalue weighted by Gasteiger charge is 2.37. The number of aryl methyl sites for hydroxylation is 1. The molecule has 2 aromatic rings. The number of para-hydroxylation sites is 1. The normalized spacial score (nSPS) is 16.0. The molecular weight excluding hydrogens is 356 g/mol. The van der Waals surface area contributed by atoms with Gasteiger partial charge in [-0.25, -0.2) is 9.69 Å². The van der Waals surface area contributed by atoms with Crippen molar-refractivity contribution in [2.24, 2.45) is 0 Å². The molecule has 4 amide bonds. The smallest absolute Gasteiger partial charge is 0.335 e. The summed E-state index contributed by atoms with van der Waals surface area (Å²) in [5.74, 6) is -0.986. The van der Waals surface area contributed by atoms with E-state index in [1.807, 2.05) is 0 Å². The second-order valence-corrected chi connectivity index (χ2v) is 6.07. The highest BCUT2D eigenvalue weighted by atomic mass is 35.5. The number of rotatable bonds is 3. The highest BCUT2D eigenvalue weighted by molar-refractivity contribution is 6.39. The molecule has 26 heavy (non-hydrogen) atoms. The van der Waals surface area contributed by atoms with E-state index in [2.05, 4.69) is 5.32 Å². The molecule has 1 aliphatic rings. The van der Waals surface area contributed by atoms with Gasteiger partial charge in [-0.1, -0.05) is 35.9 Å². The number of carbonyl (C=O) groups is 3. The van der Waals surface area contributed by atoms with Gasteiger partial charge < -0.3 is 4.74 Å². The van der Waals surface area contributed by atoms with Crippen LogP contribution in [0.4, 0.5) is 10.5 Å². The van der Waals surface area contributed by atoms with Gasteiger partial charge in [-0.05, 0) is 36.8 Å². The zero-order valence-electron chi connectivity index (χ0n) is 14.1. The maximum atomic E-state index is 12.9. The first-order chi connectivity index (χ1) is 12.4. The molecule has 7 heteroatoms. The minimum Gasteiger partial charge on any atom is -0.496 e. The first-order valence-electron chi connectivity index (χ1n) is 7.73. The van der Waals surface area contributed by atoms with Crippen LogP contribution >= 0.6 is 11.6 Å². The maximum absolute atomic E-state index is 12.9. The van der Waals surface area contributed by atoms with Gasteiger partial charge in [-0.3, -0.25) is 14.9 Å². The van der Waals surface area contributed by atoms with E-state index in [4.69, 9.17) is 16.3 Å². The van der Waals surface area contributed by atoms with Gasteiger partial charge in [0.1, 0.15) is 11.3 Å². The quantitative estimate of drug-likeness (QED) is 0.664. The van der Waals surface area contributed by atoms with E-state index in [1.165, 1.54) is 19.3 Å². The molecule has 1 aliphatic heterocycles. The number of benzene rings is 2. The molecule has 3 rings (SSSR count). The van der Waals surface area contributed by atoms with Crippen LogP contribution in [0.15, 0.2) is 48.0 Å². The Hall–Kier alpha value is -3.12. The average molecular weight is 371 g/mol. The first-order valence-corrected chi connectivity index (χ1v) is 8.11. The Balaban J connectivity index is 2.09. The Bertz CT molecular complexity index is 952. The second-order valence-electron chi connectivity index (χ2n) is 5.63. The number of amides is 4. The highest BCUT2D eigenvalue weighted by Crippen LogP contribution is 2.29. The zero-order valence-corrected chi connectivity index (χ0v) is 14.8. The van der Waals surface area contributed by atoms with Gasteiger partial charge in [0.2, 0.25) is 0 Å². The summed E-state index contributed by atoms with van der Waals surface area (Å²) in [6.07, 6.45) is 1.40. The Morgan fingerprint density at radius 2 is 1.85 bits per heavy atom. The van der Waals surface area contributed by atoms with Crippen molar-refractivity contribution in [1.82, 2.24) is 5.32 Å². The number of hydrogen-bond acceptors (Lipinski definition) is 4. The van der Waals surface area contributed by atoms with Gasteiger partial charge in [-0.2, -0.15) is 0 Å². The molecule has 0 radical (unpaired) electrons. The number of nitrogens with one attached hydrogen (secondary N) is 1. The van der Waals surface area contributed by atoms with Crippen LogP contribution in [0.3, 0.4) is 0 Å². The number of imide groups is 2. The fourth-order valence-corrected chi connectivity index (χ4v) is 2.81. The minimum absolute atomic E-state index is 0.173. The van der Waals surface area contributed by atoms with Crippen molar-refractivity contribution in [3.05, 3.63) is 64.2 Å². The standard InChI is InChI=1S/C19H15ClN2O4/c1-11-7-8-13(20)10-15(11)22-18(24)14(17(23)21-19(22)25)9-12-5-3-4-6-16(12)26-2/h3-10H,1-2H3,(H,21,23,25)/b14-9+. The SMILES string of the molecule is COc1ccccc1/C=C1\C(=O)NC(=O)N(c2cc(Cl)ccc2C)C1=O. The Labute approximate surface area is 155 Å². The van der Waals surface area contributed by atoms with Crippen LogP contribution < -0.4 is 15.0 Å². The van der Waals surface area contributed by atoms with Gasteiger partial charge >= 0.3 is 6.03 Å². The van der Waals surface area contributed by atoms with Crippen molar-refractivity contribution < 1.29 is 19.1 Å². The van der Waals surface area contributed by atoms with E-state index in [9.17, 15) is 14.4 Å². The van der Waals surface area contributed by atoms with Gasteiger partial charge in [-0.15, -0.1) is 0 Å². The van der Waals surface area contributed by atoms with Crippen molar-refractivity contribution in [3.63, 3.8) is 0 Å². The van der Waals surface area contributed by atoms with Crippen molar-refractivity contribution in [2.45, 2.75) is 6.92 Å². The maximum Gasteiger partial charge on any atom is 0.335 e. The number of barbiturate groups is 1. The lowest BCUT2D eigenvalue weighted by atomic mass is 10.1. The third-order valence-electron chi connectivity index (χ3n) is 3.95. The monoisotopic (exact) mass is 370 g/mol. The number of nitrogens with zero attached hydrogens (tertiary/aromatic N) is 1. The van der Waals surface area contributed by atoms with Crippen LogP contribution in [0.5, 0.6) is 5.75 Å². The molecule has 132 valence electrons. The number of hydrogen-bond donors (Lipinski definition) is 1. The molecule has 0 aromatic heterocycles. The van der Waals surface area contributed by atoms with Crippen LogP contribution in [-0.2, 0) is 9.59 Å². The number of methoxy groups -OCH3 is 1. The lowest BCUT2D eigenvalue weighted by molar-refractivity contribution is -0.122. The van der Waals surface area contributed by atoms with Crippen molar-refractivity contribution in [3.8, 4) is 5.75 Å². The number of halogens is 1. The number of anilines is 1. The molecular formula is C19H15ClN2O4. The average Bonchev–Trinajstić information content (AvgIpc) is 2.61. The lowest BCUT2D eigenvalue weighted by Crippen LogP contribution is -2.54. The second kappa shape index (κ2) is 7.01.